The monoisotopic (exact) mass is 366 g/mol. The summed E-state index contributed by atoms with van der Waals surface area (Å²) in [6.45, 7) is 1.09. The van der Waals surface area contributed by atoms with Gasteiger partial charge in [-0.1, -0.05) is 0 Å². The first-order valence-electron chi connectivity index (χ1n) is 7.86. The van der Waals surface area contributed by atoms with Gasteiger partial charge in [-0.3, -0.25) is 5.41 Å². The molecule has 0 spiro atoms. The Kier molecular flexibility index (Phi) is 4.73. The Morgan fingerprint density at radius 2 is 2.08 bits per heavy atom. The van der Waals surface area contributed by atoms with E-state index in [9.17, 15) is 18.3 Å². The molecule has 1 aliphatic heterocycles. The minimum absolute atomic E-state index is 0.0430. The second-order valence-corrected chi connectivity index (χ2v) is 5.96. The predicted molar refractivity (Wildman–Crippen MR) is 90.5 cm³/mol. The number of β-amino-alcohol motifs (C(OH)–C–C–N with tert-alkyl or cyclic N) is 1. The van der Waals surface area contributed by atoms with Crippen molar-refractivity contribution in [3.63, 3.8) is 0 Å². The van der Waals surface area contributed by atoms with Gasteiger partial charge in [-0.25, -0.2) is 4.98 Å². The van der Waals surface area contributed by atoms with Gasteiger partial charge in [0.05, 0.1) is 11.8 Å². The van der Waals surface area contributed by atoms with Crippen molar-refractivity contribution in [3.8, 4) is 5.75 Å². The highest BCUT2D eigenvalue weighted by atomic mass is 19.4. The average molecular weight is 366 g/mol. The summed E-state index contributed by atoms with van der Waals surface area (Å²) < 4.78 is 41.1. The lowest BCUT2D eigenvalue weighted by atomic mass is 10.0. The summed E-state index contributed by atoms with van der Waals surface area (Å²) in [6, 6.07) is 6.68. The van der Waals surface area contributed by atoms with E-state index in [-0.39, 0.29) is 17.0 Å². The van der Waals surface area contributed by atoms with E-state index < -0.39 is 18.2 Å². The highest BCUT2D eigenvalue weighted by Crippen LogP contribution is 2.28. The Morgan fingerprint density at radius 3 is 2.73 bits per heavy atom. The van der Waals surface area contributed by atoms with Crippen LogP contribution in [0.15, 0.2) is 36.5 Å². The molecule has 1 aliphatic rings. The van der Waals surface area contributed by atoms with E-state index in [1.54, 1.807) is 12.1 Å². The van der Waals surface area contributed by atoms with Crippen LogP contribution in [0.25, 0.3) is 0 Å². The van der Waals surface area contributed by atoms with Gasteiger partial charge < -0.3 is 20.5 Å². The van der Waals surface area contributed by atoms with Crippen LogP contribution in [-0.2, 0) is 0 Å². The zero-order valence-corrected chi connectivity index (χ0v) is 13.6. The number of aromatic nitrogens is 1. The number of anilines is 2. The molecule has 9 heteroatoms. The predicted octanol–water partition coefficient (Wildman–Crippen LogP) is 2.55. The number of pyridine rings is 1. The van der Waals surface area contributed by atoms with Crippen LogP contribution in [0.5, 0.6) is 5.75 Å². The van der Waals surface area contributed by atoms with Gasteiger partial charge in [-0.15, -0.1) is 13.2 Å². The van der Waals surface area contributed by atoms with E-state index in [4.69, 9.17) is 11.1 Å². The van der Waals surface area contributed by atoms with Gasteiger partial charge >= 0.3 is 6.36 Å². The zero-order valence-electron chi connectivity index (χ0n) is 13.6. The van der Waals surface area contributed by atoms with Gasteiger partial charge in [-0.05, 0) is 36.8 Å². The normalized spacial score (nSPS) is 17.4. The summed E-state index contributed by atoms with van der Waals surface area (Å²) in [5.74, 6) is 0.147. The highest BCUT2D eigenvalue weighted by Gasteiger charge is 2.31. The molecular weight excluding hydrogens is 349 g/mol. The van der Waals surface area contributed by atoms with Gasteiger partial charge in [0, 0.05) is 36.1 Å². The lowest BCUT2D eigenvalue weighted by molar-refractivity contribution is -0.274. The van der Waals surface area contributed by atoms with Crippen molar-refractivity contribution in [2.75, 3.05) is 23.7 Å². The zero-order chi connectivity index (χ0) is 18.9. The molecule has 1 saturated heterocycles. The molecule has 26 heavy (non-hydrogen) atoms. The van der Waals surface area contributed by atoms with E-state index in [0.29, 0.717) is 30.9 Å². The van der Waals surface area contributed by atoms with Crippen LogP contribution in [0.2, 0.25) is 0 Å². The molecule has 3 rings (SSSR count). The molecular formula is C17H17F3N4O2. The third kappa shape index (κ3) is 4.05. The highest BCUT2D eigenvalue weighted by molar-refractivity contribution is 6.14. The number of hydrogen-bond acceptors (Lipinski definition) is 6. The molecule has 2 aromatic rings. The molecule has 4 N–H and O–H groups in total. The van der Waals surface area contributed by atoms with Gasteiger partial charge in [0.2, 0.25) is 0 Å². The molecule has 1 atom stereocenters. The number of nitrogens with zero attached hydrogens (tertiary/aromatic N) is 2. The van der Waals surface area contributed by atoms with Gasteiger partial charge in [0.15, 0.2) is 0 Å². The number of hydrogen-bond donors (Lipinski definition) is 3. The minimum atomic E-state index is -4.82. The Labute approximate surface area is 147 Å². The number of aliphatic hydroxyl groups is 1. The largest absolute Gasteiger partial charge is 0.573 e. The number of benzene rings is 1. The fourth-order valence-corrected chi connectivity index (χ4v) is 2.80. The van der Waals surface area contributed by atoms with Crippen molar-refractivity contribution in [2.24, 2.45) is 0 Å². The van der Waals surface area contributed by atoms with Gasteiger partial charge in [0.1, 0.15) is 11.6 Å². The summed E-state index contributed by atoms with van der Waals surface area (Å²) in [5.41, 5.74) is 6.54. The molecule has 0 radical (unpaired) electrons. The smallest absolute Gasteiger partial charge is 0.406 e. The van der Waals surface area contributed by atoms with Crippen molar-refractivity contribution in [3.05, 3.63) is 47.7 Å². The van der Waals surface area contributed by atoms with E-state index in [0.717, 1.165) is 12.1 Å². The molecule has 6 nitrogen and oxygen atoms in total. The first-order valence-corrected chi connectivity index (χ1v) is 7.86. The summed E-state index contributed by atoms with van der Waals surface area (Å²) in [7, 11) is 0. The number of ether oxygens (including phenoxy) is 1. The number of nitrogens with one attached hydrogen (secondary N) is 1. The summed E-state index contributed by atoms with van der Waals surface area (Å²) in [4.78, 5) is 6.12. The molecule has 1 aromatic carbocycles. The fourth-order valence-electron chi connectivity index (χ4n) is 2.80. The SMILES string of the molecule is N=C(c1ccnc(N2CCC(O)C2)c1)c1cc(OC(F)(F)F)ccc1N. The van der Waals surface area contributed by atoms with Gasteiger partial charge in [-0.2, -0.15) is 0 Å². The molecule has 1 aromatic heterocycles. The van der Waals surface area contributed by atoms with Crippen LogP contribution in [0, 0.1) is 5.41 Å². The molecule has 0 saturated carbocycles. The molecule has 1 unspecified atom stereocenters. The second-order valence-electron chi connectivity index (χ2n) is 5.96. The number of aliphatic hydroxyl groups excluding tert-OH is 1. The van der Waals surface area contributed by atoms with Crippen LogP contribution in [-0.4, -0.2) is 41.4 Å². The summed E-state index contributed by atoms with van der Waals surface area (Å²) in [5, 5.41) is 18.0. The topological polar surface area (TPSA) is 95.5 Å². The van der Waals surface area contributed by atoms with Crippen LogP contribution < -0.4 is 15.4 Å². The maximum Gasteiger partial charge on any atom is 0.573 e. The van der Waals surface area contributed by atoms with E-state index in [1.807, 2.05) is 4.90 Å². The van der Waals surface area contributed by atoms with E-state index in [2.05, 4.69) is 9.72 Å². The van der Waals surface area contributed by atoms with Crippen LogP contribution in [0.4, 0.5) is 24.7 Å². The Balaban J connectivity index is 1.88. The number of alkyl halides is 3. The average Bonchev–Trinajstić information content (AvgIpc) is 3.01. The van der Waals surface area contributed by atoms with Crippen LogP contribution in [0.1, 0.15) is 17.5 Å². The van der Waals surface area contributed by atoms with Crippen molar-refractivity contribution in [2.45, 2.75) is 18.9 Å². The van der Waals surface area contributed by atoms with Crippen LogP contribution in [0.3, 0.4) is 0 Å². The Bertz CT molecular complexity index is 826. The fraction of sp³-hybridized carbons (Fsp3) is 0.294. The molecule has 138 valence electrons. The number of rotatable bonds is 4. The maximum absolute atomic E-state index is 12.4. The third-order valence-electron chi connectivity index (χ3n) is 4.05. The minimum Gasteiger partial charge on any atom is -0.406 e. The third-order valence-corrected chi connectivity index (χ3v) is 4.05. The second kappa shape index (κ2) is 6.83. The van der Waals surface area contributed by atoms with E-state index in [1.165, 1.54) is 12.3 Å². The molecule has 0 aliphatic carbocycles. The quantitative estimate of drug-likeness (QED) is 0.571. The maximum atomic E-state index is 12.4. The first kappa shape index (κ1) is 18.0. The standard InChI is InChI=1S/C17H17F3N4O2/c18-17(19,20)26-12-1-2-14(21)13(8-12)16(22)10-3-5-23-15(7-10)24-6-4-11(25)9-24/h1-3,5,7-8,11,22,25H,4,6,9,21H2. The Morgan fingerprint density at radius 1 is 1.31 bits per heavy atom. The lowest BCUT2D eigenvalue weighted by Gasteiger charge is -2.18. The van der Waals surface area contributed by atoms with Gasteiger partial charge in [0.25, 0.3) is 0 Å². The van der Waals surface area contributed by atoms with E-state index >= 15 is 0 Å². The summed E-state index contributed by atoms with van der Waals surface area (Å²) in [6.07, 6.45) is -3.11. The van der Waals surface area contributed by atoms with Crippen molar-refractivity contribution in [1.29, 1.82) is 5.41 Å². The molecule has 0 amide bonds. The lowest BCUT2D eigenvalue weighted by Crippen LogP contribution is -2.22. The number of nitrogens with two attached hydrogens (primary N) is 1. The van der Waals surface area contributed by atoms with Crippen molar-refractivity contribution in [1.82, 2.24) is 4.98 Å². The molecule has 0 bridgehead atoms. The molecule has 2 heterocycles. The number of nitrogen functional groups attached to an aromatic ring is 1. The summed E-state index contributed by atoms with van der Waals surface area (Å²) >= 11 is 0. The molecule has 1 fully saturated rings. The van der Waals surface area contributed by atoms with Crippen molar-refractivity contribution < 1.29 is 23.0 Å². The van der Waals surface area contributed by atoms with Crippen molar-refractivity contribution >= 4 is 17.2 Å². The first-order chi connectivity index (χ1) is 12.2. The van der Waals surface area contributed by atoms with Crippen LogP contribution >= 0.6 is 0 Å². The Hall–Kier alpha value is -2.81. The number of halogens is 3.